The van der Waals surface area contributed by atoms with Crippen molar-refractivity contribution < 1.29 is 18.0 Å². The van der Waals surface area contributed by atoms with Gasteiger partial charge in [0, 0.05) is 13.1 Å². The van der Waals surface area contributed by atoms with Gasteiger partial charge in [0.05, 0.1) is 10.6 Å². The molecule has 0 bridgehead atoms. The van der Waals surface area contributed by atoms with E-state index in [1.165, 1.54) is 9.21 Å². The van der Waals surface area contributed by atoms with Gasteiger partial charge in [0.2, 0.25) is 11.8 Å². The minimum Gasteiger partial charge on any atom is -0.354 e. The highest BCUT2D eigenvalue weighted by Gasteiger charge is 2.34. The van der Waals surface area contributed by atoms with Gasteiger partial charge < -0.3 is 10.2 Å². The normalized spacial score (nSPS) is 12.2. The van der Waals surface area contributed by atoms with E-state index >= 15 is 0 Å². The molecule has 0 aliphatic carbocycles. The first-order valence-electron chi connectivity index (χ1n) is 14.1. The van der Waals surface area contributed by atoms with Crippen LogP contribution < -0.4 is 9.62 Å². The summed E-state index contributed by atoms with van der Waals surface area (Å²) in [6.07, 6.45) is 0.385. The number of amides is 2. The van der Waals surface area contributed by atoms with Crippen LogP contribution in [0.4, 0.5) is 5.69 Å². The molecule has 0 unspecified atom stereocenters. The van der Waals surface area contributed by atoms with E-state index in [4.69, 9.17) is 0 Å². The number of carbonyl (C=O) groups excluding carboxylic acids is 2. The van der Waals surface area contributed by atoms with Crippen LogP contribution in [0.15, 0.2) is 71.6 Å². The first kappa shape index (κ1) is 31.9. The third-order valence-electron chi connectivity index (χ3n) is 7.07. The van der Waals surface area contributed by atoms with E-state index in [-0.39, 0.29) is 23.3 Å². The maximum atomic E-state index is 14.2. The number of nitrogens with one attached hydrogen (secondary N) is 1. The largest absolute Gasteiger partial charge is 0.354 e. The molecule has 7 nitrogen and oxygen atoms in total. The zero-order chi connectivity index (χ0) is 30.3. The Morgan fingerprint density at radius 1 is 0.829 bits per heavy atom. The lowest BCUT2D eigenvalue weighted by Crippen LogP contribution is -2.52. The van der Waals surface area contributed by atoms with Crippen LogP contribution in [0.5, 0.6) is 0 Å². The molecular weight excluding hydrogens is 534 g/mol. The number of sulfonamides is 1. The second-order valence-electron chi connectivity index (χ2n) is 11.2. The molecule has 220 valence electrons. The summed E-state index contributed by atoms with van der Waals surface area (Å²) in [6, 6.07) is 19.2. The van der Waals surface area contributed by atoms with Crippen LogP contribution in [0.1, 0.15) is 55.0 Å². The summed E-state index contributed by atoms with van der Waals surface area (Å²) in [5, 5.41) is 2.96. The van der Waals surface area contributed by atoms with Crippen molar-refractivity contribution in [2.45, 2.75) is 72.4 Å². The number of benzene rings is 3. The second kappa shape index (κ2) is 13.8. The fourth-order valence-electron chi connectivity index (χ4n) is 4.57. The molecule has 0 saturated heterocycles. The van der Waals surface area contributed by atoms with Crippen LogP contribution in [-0.4, -0.2) is 44.3 Å². The lowest BCUT2D eigenvalue weighted by atomic mass is 10.1. The van der Waals surface area contributed by atoms with E-state index in [0.717, 1.165) is 27.8 Å². The first-order chi connectivity index (χ1) is 19.3. The third-order valence-corrected chi connectivity index (χ3v) is 8.84. The Balaban J connectivity index is 2.08. The lowest BCUT2D eigenvalue weighted by Gasteiger charge is -2.34. The molecule has 0 radical (unpaired) electrons. The Hall–Kier alpha value is -3.65. The molecule has 0 aromatic heterocycles. The average Bonchev–Trinajstić information content (AvgIpc) is 2.93. The highest BCUT2D eigenvalue weighted by molar-refractivity contribution is 7.92. The minimum atomic E-state index is -4.11. The number of rotatable bonds is 12. The van der Waals surface area contributed by atoms with Crippen LogP contribution >= 0.6 is 0 Å². The van der Waals surface area contributed by atoms with Gasteiger partial charge in [-0.1, -0.05) is 80.4 Å². The molecule has 3 aromatic carbocycles. The maximum Gasteiger partial charge on any atom is 0.264 e. The number of hydrogen-bond donors (Lipinski definition) is 1. The first-order valence-corrected chi connectivity index (χ1v) is 15.6. The van der Waals surface area contributed by atoms with Crippen molar-refractivity contribution >= 4 is 27.5 Å². The van der Waals surface area contributed by atoms with E-state index in [0.29, 0.717) is 18.7 Å². The van der Waals surface area contributed by atoms with Gasteiger partial charge in [-0.05, 0) is 74.9 Å². The number of hydrogen-bond acceptors (Lipinski definition) is 4. The van der Waals surface area contributed by atoms with Crippen molar-refractivity contribution in [3.05, 3.63) is 94.5 Å². The van der Waals surface area contributed by atoms with E-state index in [1.54, 1.807) is 30.3 Å². The molecule has 3 aromatic rings. The topological polar surface area (TPSA) is 86.8 Å². The van der Waals surface area contributed by atoms with Gasteiger partial charge in [-0.25, -0.2) is 8.42 Å². The Bertz CT molecular complexity index is 1450. The summed E-state index contributed by atoms with van der Waals surface area (Å²) < 4.78 is 29.4. The summed E-state index contributed by atoms with van der Waals surface area (Å²) in [5.74, 6) is -0.452. The molecule has 0 aliphatic rings. The number of carbonyl (C=O) groups is 2. The van der Waals surface area contributed by atoms with Crippen molar-refractivity contribution in [3.8, 4) is 0 Å². The van der Waals surface area contributed by atoms with Crippen LogP contribution in [0, 0.1) is 33.6 Å². The number of aryl methyl sites for hydroxylation is 4. The maximum absolute atomic E-state index is 14.2. The molecule has 0 heterocycles. The Morgan fingerprint density at radius 3 is 1.95 bits per heavy atom. The number of anilines is 1. The summed E-state index contributed by atoms with van der Waals surface area (Å²) in [7, 11) is -4.11. The third kappa shape index (κ3) is 8.19. The van der Waals surface area contributed by atoms with Gasteiger partial charge in [0.25, 0.3) is 10.0 Å². The van der Waals surface area contributed by atoms with E-state index in [2.05, 4.69) is 5.32 Å². The Kier molecular flexibility index (Phi) is 10.7. The molecule has 0 fully saturated rings. The predicted octanol–water partition coefficient (Wildman–Crippen LogP) is 5.70. The summed E-state index contributed by atoms with van der Waals surface area (Å²) in [6.45, 7) is 13.7. The van der Waals surface area contributed by atoms with Crippen molar-refractivity contribution in [1.29, 1.82) is 0 Å². The molecule has 0 spiro atoms. The zero-order valence-electron chi connectivity index (χ0n) is 25.3. The molecule has 8 heteroatoms. The van der Waals surface area contributed by atoms with Gasteiger partial charge in [-0.2, -0.15) is 0 Å². The quantitative estimate of drug-likeness (QED) is 0.299. The van der Waals surface area contributed by atoms with Gasteiger partial charge in [-0.3, -0.25) is 13.9 Å². The van der Waals surface area contributed by atoms with Gasteiger partial charge in [-0.15, -0.1) is 0 Å². The summed E-state index contributed by atoms with van der Waals surface area (Å²) in [5.41, 5.74) is 4.91. The second-order valence-corrected chi connectivity index (χ2v) is 13.0. The Morgan fingerprint density at radius 2 is 1.39 bits per heavy atom. The zero-order valence-corrected chi connectivity index (χ0v) is 26.1. The van der Waals surface area contributed by atoms with E-state index in [9.17, 15) is 18.0 Å². The van der Waals surface area contributed by atoms with E-state index in [1.807, 2.05) is 84.9 Å². The molecule has 3 rings (SSSR count). The molecule has 2 amide bonds. The molecule has 0 aliphatic heterocycles. The van der Waals surface area contributed by atoms with Crippen molar-refractivity contribution in [1.82, 2.24) is 10.2 Å². The van der Waals surface area contributed by atoms with Gasteiger partial charge >= 0.3 is 0 Å². The minimum absolute atomic E-state index is 0.101. The van der Waals surface area contributed by atoms with Gasteiger partial charge in [0.1, 0.15) is 12.6 Å². The fourth-order valence-corrected chi connectivity index (χ4v) is 6.04. The molecular formula is C33H43N3O4S. The number of nitrogens with zero attached hydrogens (tertiary/aromatic N) is 2. The highest BCUT2D eigenvalue weighted by atomic mass is 32.2. The SMILES string of the molecule is CC[C@@H](C(=O)NCC(C)C)N(Cc1ccc(C)cc1)C(=O)CN(c1cc(C)ccc1C)S(=O)(=O)c1ccc(C)cc1. The Labute approximate surface area is 245 Å². The van der Waals surface area contributed by atoms with Crippen molar-refractivity contribution in [3.63, 3.8) is 0 Å². The van der Waals surface area contributed by atoms with Gasteiger partial charge in [0.15, 0.2) is 0 Å². The molecule has 1 N–H and O–H groups in total. The van der Waals surface area contributed by atoms with Crippen LogP contribution in [0.3, 0.4) is 0 Å². The summed E-state index contributed by atoms with van der Waals surface area (Å²) in [4.78, 5) is 29.2. The summed E-state index contributed by atoms with van der Waals surface area (Å²) >= 11 is 0. The van der Waals surface area contributed by atoms with Crippen LogP contribution in [0.2, 0.25) is 0 Å². The standard InChI is InChI=1S/C33H43N3O4S/c1-8-30(33(38)34-20-23(2)3)35(21-28-15-10-24(4)11-16-28)32(37)22-36(31-19-26(6)9-14-27(31)7)41(39,40)29-17-12-25(5)13-18-29/h9-19,23,30H,8,20-22H2,1-7H3,(H,34,38)/t30-/m0/s1. The molecule has 1 atom stereocenters. The van der Waals surface area contributed by atoms with Crippen LogP contribution in [0.25, 0.3) is 0 Å². The fraction of sp³-hybridized carbons (Fsp3) is 0.394. The molecule has 0 saturated carbocycles. The average molecular weight is 578 g/mol. The predicted molar refractivity (Wildman–Crippen MR) is 165 cm³/mol. The smallest absolute Gasteiger partial charge is 0.264 e. The lowest BCUT2D eigenvalue weighted by molar-refractivity contribution is -0.140. The van der Waals surface area contributed by atoms with Crippen molar-refractivity contribution in [2.24, 2.45) is 5.92 Å². The molecule has 41 heavy (non-hydrogen) atoms. The van der Waals surface area contributed by atoms with E-state index < -0.39 is 28.5 Å². The van der Waals surface area contributed by atoms with Crippen molar-refractivity contribution in [2.75, 3.05) is 17.4 Å². The monoisotopic (exact) mass is 577 g/mol. The highest BCUT2D eigenvalue weighted by Crippen LogP contribution is 2.29. The van der Waals surface area contributed by atoms with Crippen LogP contribution in [-0.2, 0) is 26.2 Å².